The van der Waals surface area contributed by atoms with Crippen LogP contribution in [0.3, 0.4) is 0 Å². The first-order valence-corrected chi connectivity index (χ1v) is 6.08. The molecule has 0 aliphatic carbocycles. The third-order valence-corrected chi connectivity index (χ3v) is 2.63. The zero-order valence-corrected chi connectivity index (χ0v) is 11.2. The number of urea groups is 1. The van der Waals surface area contributed by atoms with Crippen molar-refractivity contribution in [1.29, 1.82) is 0 Å². The smallest absolute Gasteiger partial charge is 0.321 e. The van der Waals surface area contributed by atoms with Gasteiger partial charge in [-0.2, -0.15) is 0 Å². The van der Waals surface area contributed by atoms with Gasteiger partial charge in [-0.15, -0.1) is 0 Å². The van der Waals surface area contributed by atoms with Gasteiger partial charge in [0, 0.05) is 19.7 Å². The normalized spacial score (nSPS) is 11.7. The molecule has 0 radical (unpaired) electrons. The minimum atomic E-state index is -0.508. The Morgan fingerprint density at radius 2 is 2.00 bits per heavy atom. The van der Waals surface area contributed by atoms with Crippen molar-refractivity contribution in [3.8, 4) is 0 Å². The third-order valence-electron chi connectivity index (χ3n) is 2.63. The van der Waals surface area contributed by atoms with E-state index in [9.17, 15) is 9.59 Å². The van der Waals surface area contributed by atoms with E-state index in [1.807, 2.05) is 35.6 Å². The van der Waals surface area contributed by atoms with Crippen LogP contribution < -0.4 is 16.0 Å². The third kappa shape index (κ3) is 5.07. The number of carbonyl (C=O) groups excluding carboxylic acids is 2. The van der Waals surface area contributed by atoms with E-state index in [-0.39, 0.29) is 5.91 Å². The summed E-state index contributed by atoms with van der Waals surface area (Å²) in [5, 5.41) is 6.50. The highest BCUT2D eigenvalue weighted by Crippen LogP contribution is 2.08. The molecule has 1 aromatic rings. The van der Waals surface area contributed by atoms with E-state index in [0.29, 0.717) is 13.2 Å². The van der Waals surface area contributed by atoms with Crippen LogP contribution in [0.1, 0.15) is 11.6 Å². The summed E-state index contributed by atoms with van der Waals surface area (Å²) in [5.74, 6) is -0.346. The molecule has 1 atom stereocenters. The number of imide groups is 1. The molecule has 0 saturated heterocycles. The molecule has 6 nitrogen and oxygen atoms in total. The Balaban J connectivity index is 2.74. The first-order chi connectivity index (χ1) is 9.19. The van der Waals surface area contributed by atoms with E-state index in [1.54, 1.807) is 7.11 Å². The maximum absolute atomic E-state index is 12.1. The van der Waals surface area contributed by atoms with Gasteiger partial charge < -0.3 is 15.4 Å². The molecule has 1 rings (SSSR count). The Bertz CT molecular complexity index is 409. The topological polar surface area (TPSA) is 84.0 Å². The number of ether oxygens (including phenoxy) is 1. The van der Waals surface area contributed by atoms with Gasteiger partial charge in [0.2, 0.25) is 0 Å². The van der Waals surface area contributed by atoms with Crippen molar-refractivity contribution in [3.63, 3.8) is 0 Å². The van der Waals surface area contributed by atoms with Gasteiger partial charge in [-0.25, -0.2) is 4.79 Å². The van der Waals surface area contributed by atoms with Crippen molar-refractivity contribution in [2.75, 3.05) is 27.3 Å². The second-order valence-corrected chi connectivity index (χ2v) is 3.97. The van der Waals surface area contributed by atoms with Crippen LogP contribution in [0.5, 0.6) is 0 Å². The molecule has 19 heavy (non-hydrogen) atoms. The number of amides is 3. The molecule has 6 heteroatoms. The SMILES string of the molecule is CNC(=O)NC(=O)[C@H]([NH2+]CCOC)c1ccccc1. The number of quaternary nitrogens is 1. The van der Waals surface area contributed by atoms with Gasteiger partial charge in [-0.05, 0) is 0 Å². The van der Waals surface area contributed by atoms with E-state index < -0.39 is 12.1 Å². The Labute approximate surface area is 112 Å². The lowest BCUT2D eigenvalue weighted by Gasteiger charge is -2.15. The minimum absolute atomic E-state index is 0.346. The fraction of sp³-hybridized carbons (Fsp3) is 0.385. The van der Waals surface area contributed by atoms with E-state index in [1.165, 1.54) is 7.05 Å². The molecular weight excluding hydrogens is 246 g/mol. The fourth-order valence-electron chi connectivity index (χ4n) is 1.66. The van der Waals surface area contributed by atoms with Crippen LogP contribution in [0.2, 0.25) is 0 Å². The predicted molar refractivity (Wildman–Crippen MR) is 70.4 cm³/mol. The van der Waals surface area contributed by atoms with Gasteiger partial charge in [0.15, 0.2) is 6.04 Å². The van der Waals surface area contributed by atoms with Crippen LogP contribution in [-0.2, 0) is 9.53 Å². The van der Waals surface area contributed by atoms with Crippen LogP contribution in [-0.4, -0.2) is 39.2 Å². The van der Waals surface area contributed by atoms with Crippen LogP contribution in [0.15, 0.2) is 30.3 Å². The first-order valence-electron chi connectivity index (χ1n) is 6.08. The maximum atomic E-state index is 12.1. The molecule has 0 unspecified atom stereocenters. The number of nitrogens with one attached hydrogen (secondary N) is 2. The molecule has 104 valence electrons. The van der Waals surface area contributed by atoms with Crippen LogP contribution >= 0.6 is 0 Å². The molecule has 3 amide bonds. The van der Waals surface area contributed by atoms with Crippen molar-refractivity contribution in [1.82, 2.24) is 10.6 Å². The lowest BCUT2D eigenvalue weighted by atomic mass is 10.1. The number of carbonyl (C=O) groups is 2. The molecular formula is C13H20N3O3+. The van der Waals surface area contributed by atoms with Gasteiger partial charge in [0.05, 0.1) is 6.61 Å². The quantitative estimate of drug-likeness (QED) is 0.601. The predicted octanol–water partition coefficient (Wildman–Crippen LogP) is -0.607. The second kappa shape index (κ2) is 8.23. The Hall–Kier alpha value is -1.92. The number of hydrogen-bond donors (Lipinski definition) is 3. The van der Waals surface area contributed by atoms with Crippen molar-refractivity contribution in [2.45, 2.75) is 6.04 Å². The highest BCUT2D eigenvalue weighted by atomic mass is 16.5. The molecule has 0 aliphatic heterocycles. The van der Waals surface area contributed by atoms with Gasteiger partial charge >= 0.3 is 6.03 Å². The van der Waals surface area contributed by atoms with Crippen LogP contribution in [0.25, 0.3) is 0 Å². The van der Waals surface area contributed by atoms with E-state index in [4.69, 9.17) is 4.74 Å². The largest absolute Gasteiger partial charge is 0.379 e. The number of nitrogens with two attached hydrogens (primary N) is 1. The van der Waals surface area contributed by atoms with Crippen LogP contribution in [0.4, 0.5) is 4.79 Å². The van der Waals surface area contributed by atoms with Crippen molar-refractivity contribution < 1.29 is 19.6 Å². The zero-order valence-electron chi connectivity index (χ0n) is 11.2. The molecule has 0 spiro atoms. The van der Waals surface area contributed by atoms with Gasteiger partial charge in [-0.1, -0.05) is 30.3 Å². The number of methoxy groups -OCH3 is 1. The summed E-state index contributed by atoms with van der Waals surface area (Å²) in [7, 11) is 3.07. The standard InChI is InChI=1S/C13H19N3O3/c1-14-13(18)16-12(17)11(15-8-9-19-2)10-6-4-3-5-7-10/h3-7,11,15H,8-9H2,1-2H3,(H2,14,16,17,18)/p+1/t11-/m1/s1. The summed E-state index contributed by atoms with van der Waals surface area (Å²) < 4.78 is 4.97. The molecule has 0 saturated carbocycles. The summed E-state index contributed by atoms with van der Waals surface area (Å²) >= 11 is 0. The van der Waals surface area contributed by atoms with Gasteiger partial charge in [0.1, 0.15) is 6.54 Å². The summed E-state index contributed by atoms with van der Waals surface area (Å²) in [6, 6.07) is 8.35. The van der Waals surface area contributed by atoms with E-state index in [0.717, 1.165) is 5.56 Å². The minimum Gasteiger partial charge on any atom is -0.379 e. The van der Waals surface area contributed by atoms with Crippen molar-refractivity contribution >= 4 is 11.9 Å². The Kier molecular flexibility index (Phi) is 6.56. The Morgan fingerprint density at radius 1 is 1.32 bits per heavy atom. The molecule has 0 aromatic heterocycles. The van der Waals surface area contributed by atoms with Crippen molar-refractivity contribution in [2.24, 2.45) is 0 Å². The van der Waals surface area contributed by atoms with E-state index in [2.05, 4.69) is 10.6 Å². The highest BCUT2D eigenvalue weighted by Gasteiger charge is 2.24. The fourth-order valence-corrected chi connectivity index (χ4v) is 1.66. The highest BCUT2D eigenvalue weighted by molar-refractivity contribution is 5.96. The number of hydrogen-bond acceptors (Lipinski definition) is 3. The van der Waals surface area contributed by atoms with Crippen molar-refractivity contribution in [3.05, 3.63) is 35.9 Å². The van der Waals surface area contributed by atoms with Crippen LogP contribution in [0, 0.1) is 0 Å². The molecule has 0 fully saturated rings. The monoisotopic (exact) mass is 266 g/mol. The average molecular weight is 266 g/mol. The summed E-state index contributed by atoms with van der Waals surface area (Å²) in [6.07, 6.45) is 0. The zero-order chi connectivity index (χ0) is 14.1. The molecule has 1 aromatic carbocycles. The molecule has 0 heterocycles. The first kappa shape index (κ1) is 15.1. The second-order valence-electron chi connectivity index (χ2n) is 3.97. The summed E-state index contributed by atoms with van der Waals surface area (Å²) in [4.78, 5) is 23.3. The lowest BCUT2D eigenvalue weighted by molar-refractivity contribution is -0.684. The molecule has 0 aliphatic rings. The van der Waals surface area contributed by atoms with Gasteiger partial charge in [-0.3, -0.25) is 10.1 Å². The lowest BCUT2D eigenvalue weighted by Crippen LogP contribution is -2.88. The number of benzene rings is 1. The van der Waals surface area contributed by atoms with E-state index >= 15 is 0 Å². The van der Waals surface area contributed by atoms with Gasteiger partial charge in [0.25, 0.3) is 5.91 Å². The summed E-state index contributed by atoms with van der Waals surface area (Å²) in [5.41, 5.74) is 0.847. The summed E-state index contributed by atoms with van der Waals surface area (Å²) in [6.45, 7) is 1.17. The number of rotatable bonds is 6. The molecule has 4 N–H and O–H groups in total. The average Bonchev–Trinajstić information content (AvgIpc) is 2.44. The Morgan fingerprint density at radius 3 is 2.58 bits per heavy atom. The maximum Gasteiger partial charge on any atom is 0.321 e. The molecule has 0 bridgehead atoms.